The van der Waals surface area contributed by atoms with Crippen molar-refractivity contribution in [3.63, 3.8) is 0 Å². The van der Waals surface area contributed by atoms with Crippen LogP contribution in [0.1, 0.15) is 55.6 Å². The fraction of sp³-hybridized carbons (Fsp3) is 0.500. The molecule has 6 nitrogen and oxygen atoms in total. The minimum Gasteiger partial charge on any atom is -0.477 e. The largest absolute Gasteiger partial charge is 0.477 e. The molecule has 1 saturated heterocycles. The maximum atomic E-state index is 15.5. The quantitative estimate of drug-likeness (QED) is 0.765. The number of benzene rings is 1. The van der Waals surface area contributed by atoms with Crippen molar-refractivity contribution in [2.45, 2.75) is 39.7 Å². The molecule has 1 aromatic carbocycles. The van der Waals surface area contributed by atoms with Crippen LogP contribution in [-0.2, 0) is 0 Å². The zero-order valence-corrected chi connectivity index (χ0v) is 18.5. The third-order valence-corrected chi connectivity index (χ3v) is 5.79. The average molecular weight is 426 g/mol. The van der Waals surface area contributed by atoms with Crippen LogP contribution in [0, 0.1) is 23.1 Å². The Morgan fingerprint density at radius 2 is 1.84 bits per heavy atom. The highest BCUT2D eigenvalue weighted by Crippen LogP contribution is 2.40. The van der Waals surface area contributed by atoms with Gasteiger partial charge in [-0.05, 0) is 46.7 Å². The SMILES string of the molecule is CN1CCN(c2c(F)cc3c(=O)c(C(=O)O)cn(C4CC4)c3c2C#CC(C)(C)C)CC1. The molecule has 2 fully saturated rings. The second-order valence-electron chi connectivity index (χ2n) is 9.58. The number of hydrogen-bond acceptors (Lipinski definition) is 4. The summed E-state index contributed by atoms with van der Waals surface area (Å²) < 4.78 is 17.4. The molecular formula is C24H28FN3O3. The predicted octanol–water partition coefficient (Wildman–Crippen LogP) is 3.32. The Morgan fingerprint density at radius 3 is 2.39 bits per heavy atom. The van der Waals surface area contributed by atoms with Crippen molar-refractivity contribution in [1.82, 2.24) is 9.47 Å². The maximum absolute atomic E-state index is 15.5. The Morgan fingerprint density at radius 1 is 1.19 bits per heavy atom. The fourth-order valence-corrected chi connectivity index (χ4v) is 3.98. The van der Waals surface area contributed by atoms with E-state index in [1.165, 1.54) is 12.3 Å². The van der Waals surface area contributed by atoms with Gasteiger partial charge in [0.1, 0.15) is 11.4 Å². The number of pyridine rings is 1. The number of halogens is 1. The number of aromatic nitrogens is 1. The van der Waals surface area contributed by atoms with Crippen molar-refractivity contribution < 1.29 is 14.3 Å². The van der Waals surface area contributed by atoms with Crippen LogP contribution < -0.4 is 10.3 Å². The summed E-state index contributed by atoms with van der Waals surface area (Å²) in [7, 11) is 2.03. The number of aromatic carboxylic acids is 1. The molecule has 2 aliphatic rings. The van der Waals surface area contributed by atoms with E-state index in [9.17, 15) is 14.7 Å². The number of carbonyl (C=O) groups is 1. The lowest BCUT2D eigenvalue weighted by atomic mass is 9.96. The first-order valence-corrected chi connectivity index (χ1v) is 10.7. The molecule has 2 aromatic rings. The third-order valence-electron chi connectivity index (χ3n) is 5.79. The standard InChI is InChI=1S/C24H28FN3O3/c1-24(2,3)8-7-16-20-17(13-19(25)21(16)27-11-9-26(4)10-12-27)22(29)18(23(30)31)14-28(20)15-5-6-15/h13-15H,5-6,9-12H2,1-4H3,(H,30,31). The zero-order chi connectivity index (χ0) is 22.5. The lowest BCUT2D eigenvalue weighted by Crippen LogP contribution is -2.45. The van der Waals surface area contributed by atoms with E-state index in [-0.39, 0.29) is 22.4 Å². The number of carboxylic acids is 1. The van der Waals surface area contributed by atoms with Gasteiger partial charge >= 0.3 is 5.97 Å². The van der Waals surface area contributed by atoms with Gasteiger partial charge in [-0.3, -0.25) is 4.79 Å². The Bertz CT molecular complexity index is 1170. The van der Waals surface area contributed by atoms with Gasteiger partial charge in [0.25, 0.3) is 0 Å². The number of nitrogens with zero attached hydrogens (tertiary/aromatic N) is 3. The monoisotopic (exact) mass is 425 g/mol. The minimum absolute atomic E-state index is 0.0837. The molecule has 1 aliphatic heterocycles. The first kappa shape index (κ1) is 21.4. The molecule has 7 heteroatoms. The molecule has 0 unspecified atom stereocenters. The number of rotatable bonds is 3. The van der Waals surface area contributed by atoms with E-state index in [0.29, 0.717) is 29.9 Å². The van der Waals surface area contributed by atoms with Gasteiger partial charge in [0, 0.05) is 43.8 Å². The Hall–Kier alpha value is -2.85. The predicted molar refractivity (Wildman–Crippen MR) is 119 cm³/mol. The summed E-state index contributed by atoms with van der Waals surface area (Å²) in [6.07, 6.45) is 3.20. The molecule has 1 aliphatic carbocycles. The highest BCUT2D eigenvalue weighted by molar-refractivity contribution is 5.97. The highest BCUT2D eigenvalue weighted by Gasteiger charge is 2.31. The third kappa shape index (κ3) is 4.17. The van der Waals surface area contributed by atoms with Gasteiger partial charge in [-0.25, -0.2) is 9.18 Å². The molecule has 0 atom stereocenters. The summed E-state index contributed by atoms with van der Waals surface area (Å²) in [5, 5.41) is 9.62. The first-order chi connectivity index (χ1) is 14.6. The van der Waals surface area contributed by atoms with Crippen molar-refractivity contribution in [3.8, 4) is 11.8 Å². The van der Waals surface area contributed by atoms with Crippen LogP contribution in [-0.4, -0.2) is 53.8 Å². The molecule has 0 radical (unpaired) electrons. The van der Waals surface area contributed by atoms with Crippen molar-refractivity contribution in [2.75, 3.05) is 38.1 Å². The van der Waals surface area contributed by atoms with Crippen LogP contribution >= 0.6 is 0 Å². The number of piperazine rings is 1. The van der Waals surface area contributed by atoms with Crippen LogP contribution in [0.2, 0.25) is 0 Å². The average Bonchev–Trinajstić information content (AvgIpc) is 3.52. The van der Waals surface area contributed by atoms with Crippen molar-refractivity contribution >= 4 is 22.6 Å². The van der Waals surface area contributed by atoms with E-state index < -0.39 is 17.2 Å². The lowest BCUT2D eigenvalue weighted by Gasteiger charge is -2.35. The number of fused-ring (bicyclic) bond motifs is 1. The van der Waals surface area contributed by atoms with Gasteiger partial charge < -0.3 is 19.5 Å². The van der Waals surface area contributed by atoms with E-state index in [2.05, 4.69) is 16.7 Å². The lowest BCUT2D eigenvalue weighted by molar-refractivity contribution is 0.0695. The molecule has 0 bridgehead atoms. The molecule has 31 heavy (non-hydrogen) atoms. The molecule has 164 valence electrons. The second kappa shape index (κ2) is 7.69. The fourth-order valence-electron chi connectivity index (χ4n) is 3.98. The maximum Gasteiger partial charge on any atom is 0.341 e. The summed E-state index contributed by atoms with van der Waals surface area (Å²) in [6.45, 7) is 8.86. The number of anilines is 1. The van der Waals surface area contributed by atoms with Crippen molar-refractivity contribution in [2.24, 2.45) is 5.41 Å². The first-order valence-electron chi connectivity index (χ1n) is 10.7. The zero-order valence-electron chi connectivity index (χ0n) is 18.5. The van der Waals surface area contributed by atoms with Gasteiger partial charge in [0.05, 0.1) is 22.2 Å². The number of carboxylic acid groups (broad SMARTS) is 1. The van der Waals surface area contributed by atoms with E-state index in [1.807, 2.05) is 37.3 Å². The highest BCUT2D eigenvalue weighted by atomic mass is 19.1. The minimum atomic E-state index is -1.30. The normalized spacial score (nSPS) is 17.5. The summed E-state index contributed by atoms with van der Waals surface area (Å²) in [5.74, 6) is 4.57. The van der Waals surface area contributed by atoms with E-state index in [0.717, 1.165) is 25.9 Å². The van der Waals surface area contributed by atoms with E-state index in [1.54, 1.807) is 0 Å². The number of hydrogen-bond donors (Lipinski definition) is 1. The summed E-state index contributed by atoms with van der Waals surface area (Å²) >= 11 is 0. The molecule has 4 rings (SSSR count). The molecule has 1 saturated carbocycles. The Kier molecular flexibility index (Phi) is 5.30. The van der Waals surface area contributed by atoms with Crippen LogP contribution in [0.3, 0.4) is 0 Å². The molecule has 2 heterocycles. The van der Waals surface area contributed by atoms with Gasteiger partial charge in [-0.15, -0.1) is 0 Å². The van der Waals surface area contributed by atoms with E-state index in [4.69, 9.17) is 0 Å². The van der Waals surface area contributed by atoms with Gasteiger partial charge in [0.15, 0.2) is 0 Å². The molecule has 0 spiro atoms. The van der Waals surface area contributed by atoms with Crippen LogP contribution in [0.25, 0.3) is 10.9 Å². The summed E-state index contributed by atoms with van der Waals surface area (Å²) in [6, 6.07) is 1.31. The molecular weight excluding hydrogens is 397 g/mol. The number of likely N-dealkylation sites (N-methyl/N-ethyl adjacent to an activating group) is 1. The summed E-state index contributed by atoms with van der Waals surface area (Å²) in [4.78, 5) is 28.8. The van der Waals surface area contributed by atoms with Gasteiger partial charge in [0.2, 0.25) is 5.43 Å². The topological polar surface area (TPSA) is 65.8 Å². The van der Waals surface area contributed by atoms with Crippen LogP contribution in [0.15, 0.2) is 17.1 Å². The molecule has 1 aromatic heterocycles. The second-order valence-corrected chi connectivity index (χ2v) is 9.58. The molecule has 1 N–H and O–H groups in total. The van der Waals surface area contributed by atoms with Crippen molar-refractivity contribution in [3.05, 3.63) is 39.4 Å². The molecule has 0 amide bonds. The Labute approximate surface area is 181 Å². The van der Waals surface area contributed by atoms with E-state index >= 15 is 4.39 Å². The summed E-state index contributed by atoms with van der Waals surface area (Å²) in [5.41, 5.74) is 0.126. The van der Waals surface area contributed by atoms with Crippen LogP contribution in [0.5, 0.6) is 0 Å². The van der Waals surface area contributed by atoms with Gasteiger partial charge in [-0.1, -0.05) is 11.8 Å². The van der Waals surface area contributed by atoms with Crippen LogP contribution in [0.4, 0.5) is 10.1 Å². The van der Waals surface area contributed by atoms with Gasteiger partial charge in [-0.2, -0.15) is 0 Å². The Balaban J connectivity index is 2.08. The van der Waals surface area contributed by atoms with Crippen molar-refractivity contribution in [1.29, 1.82) is 0 Å². The smallest absolute Gasteiger partial charge is 0.341 e.